The molecule has 1 aliphatic rings. The van der Waals surface area contributed by atoms with Gasteiger partial charge in [-0.2, -0.15) is 16.9 Å². The number of amides is 1. The van der Waals surface area contributed by atoms with Crippen LogP contribution in [0.2, 0.25) is 0 Å². The maximum atomic E-state index is 12.9. The standard InChI is InChI=1S/C28H25N3O4S/c1-33-25-14-8-19(16-26(25)34-2)9-15-27(32)29-28-23-17-36-18-24(23)30-31(28)20-10-12-22(13-11-20)35-21-6-4-3-5-7-21/h3-16H,17-18H2,1-2H3,(H,29,32). The highest BCUT2D eigenvalue weighted by Crippen LogP contribution is 2.36. The van der Waals surface area contributed by atoms with E-state index in [2.05, 4.69) is 5.32 Å². The second-order valence-electron chi connectivity index (χ2n) is 8.02. The average Bonchev–Trinajstić information content (AvgIpc) is 3.51. The van der Waals surface area contributed by atoms with Crippen molar-refractivity contribution >= 4 is 29.6 Å². The molecule has 1 amide bonds. The number of fused-ring (bicyclic) bond motifs is 1. The van der Waals surface area contributed by atoms with Crippen LogP contribution >= 0.6 is 11.8 Å². The first-order chi connectivity index (χ1) is 17.6. The highest BCUT2D eigenvalue weighted by molar-refractivity contribution is 7.98. The number of rotatable bonds is 8. The molecular weight excluding hydrogens is 474 g/mol. The molecule has 0 aliphatic carbocycles. The van der Waals surface area contributed by atoms with Gasteiger partial charge in [-0.3, -0.25) is 4.79 Å². The van der Waals surface area contributed by atoms with Gasteiger partial charge in [0.1, 0.15) is 17.3 Å². The number of nitrogens with one attached hydrogen (secondary N) is 1. The number of hydrogen-bond acceptors (Lipinski definition) is 6. The fraction of sp³-hybridized carbons (Fsp3) is 0.143. The number of para-hydroxylation sites is 1. The highest BCUT2D eigenvalue weighted by atomic mass is 32.2. The van der Waals surface area contributed by atoms with Crippen LogP contribution in [-0.4, -0.2) is 29.9 Å². The van der Waals surface area contributed by atoms with Gasteiger partial charge in [0.15, 0.2) is 11.5 Å². The van der Waals surface area contributed by atoms with Gasteiger partial charge >= 0.3 is 0 Å². The summed E-state index contributed by atoms with van der Waals surface area (Å²) in [5.41, 5.74) is 3.71. The highest BCUT2D eigenvalue weighted by Gasteiger charge is 2.24. The molecule has 0 saturated carbocycles. The molecule has 0 atom stereocenters. The summed E-state index contributed by atoms with van der Waals surface area (Å²) in [4.78, 5) is 12.9. The Kier molecular flexibility index (Phi) is 6.95. The van der Waals surface area contributed by atoms with E-state index in [0.717, 1.165) is 45.5 Å². The number of carbonyl (C=O) groups excluding carboxylic acids is 1. The van der Waals surface area contributed by atoms with E-state index in [4.69, 9.17) is 19.3 Å². The smallest absolute Gasteiger partial charge is 0.249 e. The van der Waals surface area contributed by atoms with Gasteiger partial charge in [0.05, 0.1) is 25.6 Å². The minimum atomic E-state index is -0.241. The number of carbonyl (C=O) groups is 1. The van der Waals surface area contributed by atoms with E-state index in [1.165, 1.54) is 6.08 Å². The number of hydrogen-bond donors (Lipinski definition) is 1. The molecule has 182 valence electrons. The SMILES string of the molecule is COc1ccc(C=CC(=O)Nc2c3c(nn2-c2ccc(Oc4ccccc4)cc2)CSC3)cc1OC. The Bertz CT molecular complexity index is 1400. The van der Waals surface area contributed by atoms with Crippen LogP contribution in [0.1, 0.15) is 16.8 Å². The molecular formula is C28H25N3O4S. The molecule has 1 N–H and O–H groups in total. The van der Waals surface area contributed by atoms with E-state index in [0.29, 0.717) is 17.3 Å². The Morgan fingerprint density at radius 2 is 1.69 bits per heavy atom. The van der Waals surface area contributed by atoms with Gasteiger partial charge in [0.25, 0.3) is 0 Å². The first kappa shape index (κ1) is 23.6. The van der Waals surface area contributed by atoms with E-state index in [1.807, 2.05) is 66.7 Å². The fourth-order valence-corrected chi connectivity index (χ4v) is 4.93. The Morgan fingerprint density at radius 1 is 0.944 bits per heavy atom. The van der Waals surface area contributed by atoms with Crippen molar-refractivity contribution in [1.82, 2.24) is 9.78 Å². The summed E-state index contributed by atoms with van der Waals surface area (Å²) in [5, 5.41) is 7.81. The fourth-order valence-electron chi connectivity index (χ4n) is 3.89. The second-order valence-corrected chi connectivity index (χ2v) is 9.01. The van der Waals surface area contributed by atoms with E-state index in [-0.39, 0.29) is 5.91 Å². The topological polar surface area (TPSA) is 74.6 Å². The number of anilines is 1. The number of benzene rings is 3. The van der Waals surface area contributed by atoms with E-state index in [9.17, 15) is 4.79 Å². The lowest BCUT2D eigenvalue weighted by molar-refractivity contribution is -0.111. The third-order valence-electron chi connectivity index (χ3n) is 5.69. The molecule has 8 heteroatoms. The maximum Gasteiger partial charge on any atom is 0.249 e. The van der Waals surface area contributed by atoms with Crippen LogP contribution in [0.15, 0.2) is 78.9 Å². The zero-order valence-corrected chi connectivity index (χ0v) is 20.7. The number of methoxy groups -OCH3 is 2. The molecule has 0 fully saturated rings. The molecule has 4 aromatic rings. The number of thioether (sulfide) groups is 1. The maximum absolute atomic E-state index is 12.9. The van der Waals surface area contributed by atoms with Gasteiger partial charge in [-0.25, -0.2) is 4.68 Å². The van der Waals surface area contributed by atoms with Crippen molar-refractivity contribution < 1.29 is 19.0 Å². The zero-order valence-electron chi connectivity index (χ0n) is 19.9. The Morgan fingerprint density at radius 3 is 2.44 bits per heavy atom. The molecule has 1 aliphatic heterocycles. The summed E-state index contributed by atoms with van der Waals surface area (Å²) >= 11 is 1.79. The monoisotopic (exact) mass is 499 g/mol. The van der Waals surface area contributed by atoms with Crippen LogP contribution in [0.3, 0.4) is 0 Å². The molecule has 7 nitrogen and oxygen atoms in total. The van der Waals surface area contributed by atoms with E-state index in [1.54, 1.807) is 42.8 Å². The van der Waals surface area contributed by atoms with Crippen LogP contribution in [0.4, 0.5) is 5.82 Å². The predicted molar refractivity (Wildman–Crippen MR) is 142 cm³/mol. The molecule has 0 spiro atoms. The lowest BCUT2D eigenvalue weighted by Gasteiger charge is -2.11. The van der Waals surface area contributed by atoms with Crippen molar-refractivity contribution in [3.05, 3.63) is 95.7 Å². The summed E-state index contributed by atoms with van der Waals surface area (Å²) in [6.45, 7) is 0. The molecule has 0 bridgehead atoms. The Labute approximate surface area is 213 Å². The number of nitrogens with zero attached hydrogens (tertiary/aromatic N) is 2. The van der Waals surface area contributed by atoms with E-state index < -0.39 is 0 Å². The molecule has 36 heavy (non-hydrogen) atoms. The Hall–Kier alpha value is -4.17. The molecule has 0 radical (unpaired) electrons. The van der Waals surface area contributed by atoms with Crippen molar-refractivity contribution in [2.24, 2.45) is 0 Å². The second kappa shape index (κ2) is 10.6. The van der Waals surface area contributed by atoms with Crippen molar-refractivity contribution in [1.29, 1.82) is 0 Å². The quantitative estimate of drug-likeness (QED) is 0.296. The first-order valence-corrected chi connectivity index (χ1v) is 12.5. The first-order valence-electron chi connectivity index (χ1n) is 11.4. The summed E-state index contributed by atoms with van der Waals surface area (Å²) < 4.78 is 18.3. The van der Waals surface area contributed by atoms with Crippen LogP contribution in [0, 0.1) is 0 Å². The molecule has 0 unspecified atom stereocenters. The summed E-state index contributed by atoms with van der Waals surface area (Å²) in [5.74, 6) is 4.81. The van der Waals surface area contributed by atoms with Gasteiger partial charge in [-0.1, -0.05) is 24.3 Å². The normalized spacial score (nSPS) is 12.4. The third-order valence-corrected chi connectivity index (χ3v) is 6.66. The molecule has 1 aromatic heterocycles. The average molecular weight is 500 g/mol. The van der Waals surface area contributed by atoms with Gasteiger partial charge in [-0.15, -0.1) is 0 Å². The van der Waals surface area contributed by atoms with Crippen LogP contribution in [-0.2, 0) is 16.3 Å². The minimum Gasteiger partial charge on any atom is -0.493 e. The zero-order chi connectivity index (χ0) is 24.9. The van der Waals surface area contributed by atoms with Gasteiger partial charge < -0.3 is 19.5 Å². The lowest BCUT2D eigenvalue weighted by atomic mass is 10.2. The number of ether oxygens (including phenoxy) is 3. The van der Waals surface area contributed by atoms with Crippen molar-refractivity contribution in [2.75, 3.05) is 19.5 Å². The van der Waals surface area contributed by atoms with Crippen LogP contribution in [0.25, 0.3) is 11.8 Å². The largest absolute Gasteiger partial charge is 0.493 e. The van der Waals surface area contributed by atoms with Crippen molar-refractivity contribution in [2.45, 2.75) is 11.5 Å². The summed E-state index contributed by atoms with van der Waals surface area (Å²) in [7, 11) is 3.17. The molecule has 0 saturated heterocycles. The summed E-state index contributed by atoms with van der Waals surface area (Å²) in [6, 6.07) is 22.8. The summed E-state index contributed by atoms with van der Waals surface area (Å²) in [6.07, 6.45) is 3.24. The van der Waals surface area contributed by atoms with Crippen LogP contribution < -0.4 is 19.5 Å². The third kappa shape index (κ3) is 5.08. The van der Waals surface area contributed by atoms with Gasteiger partial charge in [0, 0.05) is 23.1 Å². The van der Waals surface area contributed by atoms with Gasteiger partial charge in [0.2, 0.25) is 5.91 Å². The minimum absolute atomic E-state index is 0.241. The molecule has 3 aromatic carbocycles. The Balaban J connectivity index is 1.35. The predicted octanol–water partition coefficient (Wildman–Crippen LogP) is 6.08. The van der Waals surface area contributed by atoms with Crippen molar-refractivity contribution in [3.8, 4) is 28.7 Å². The number of aromatic nitrogens is 2. The van der Waals surface area contributed by atoms with Gasteiger partial charge in [-0.05, 0) is 60.2 Å². The van der Waals surface area contributed by atoms with Crippen molar-refractivity contribution in [3.63, 3.8) is 0 Å². The molecule has 2 heterocycles. The lowest BCUT2D eigenvalue weighted by Crippen LogP contribution is -2.13. The van der Waals surface area contributed by atoms with Crippen LogP contribution in [0.5, 0.6) is 23.0 Å². The van der Waals surface area contributed by atoms with E-state index >= 15 is 0 Å². The molecule has 5 rings (SSSR count).